The normalized spacial score (nSPS) is 20.2. The summed E-state index contributed by atoms with van der Waals surface area (Å²) in [5.41, 5.74) is 2.55. The van der Waals surface area contributed by atoms with Gasteiger partial charge in [-0.25, -0.2) is 0 Å². The van der Waals surface area contributed by atoms with E-state index in [1.807, 2.05) is 26.0 Å². The number of rotatable bonds is 0. The molecule has 1 aromatic carbocycles. The second kappa shape index (κ2) is 3.28. The Kier molecular flexibility index (Phi) is 2.23. The first kappa shape index (κ1) is 9.53. The molecule has 2 rings (SSSR count). The summed E-state index contributed by atoms with van der Waals surface area (Å²) in [6.45, 7) is 4.54. The summed E-state index contributed by atoms with van der Waals surface area (Å²) in [5, 5.41) is 3.82. The van der Waals surface area contributed by atoms with Gasteiger partial charge in [-0.05, 0) is 24.6 Å². The van der Waals surface area contributed by atoms with Gasteiger partial charge in [0.1, 0.15) is 0 Å². The van der Waals surface area contributed by atoms with Crippen molar-refractivity contribution in [1.82, 2.24) is 0 Å². The summed E-state index contributed by atoms with van der Waals surface area (Å²) in [6, 6.07) is 3.77. The SMILES string of the molecule is Cc1cc(Cl)c2c(c1)C(=O)C(C)CN2. The largest absolute Gasteiger partial charge is 0.383 e. The summed E-state index contributed by atoms with van der Waals surface area (Å²) in [4.78, 5) is 11.8. The molecule has 0 aliphatic carbocycles. The minimum atomic E-state index is 0.0420. The molecule has 0 fully saturated rings. The number of carbonyl (C=O) groups is 1. The van der Waals surface area contributed by atoms with E-state index in [-0.39, 0.29) is 11.7 Å². The number of nitrogens with one attached hydrogen (secondary N) is 1. The minimum Gasteiger partial charge on any atom is -0.383 e. The van der Waals surface area contributed by atoms with Gasteiger partial charge < -0.3 is 5.32 Å². The third-order valence-corrected chi connectivity index (χ3v) is 2.83. The lowest BCUT2D eigenvalue weighted by molar-refractivity contribution is 0.0932. The average Bonchev–Trinajstić information content (AvgIpc) is 2.12. The van der Waals surface area contributed by atoms with Crippen molar-refractivity contribution in [3.05, 3.63) is 28.3 Å². The molecule has 0 saturated heterocycles. The van der Waals surface area contributed by atoms with Crippen LogP contribution in [0, 0.1) is 12.8 Å². The Morgan fingerprint density at radius 2 is 2.21 bits per heavy atom. The van der Waals surface area contributed by atoms with Crippen LogP contribution in [0.2, 0.25) is 5.02 Å². The molecule has 14 heavy (non-hydrogen) atoms. The monoisotopic (exact) mass is 209 g/mol. The molecule has 0 aromatic heterocycles. The van der Waals surface area contributed by atoms with Crippen LogP contribution in [-0.4, -0.2) is 12.3 Å². The molecule has 1 aliphatic rings. The molecular weight excluding hydrogens is 198 g/mol. The fourth-order valence-corrected chi connectivity index (χ4v) is 2.07. The molecule has 0 spiro atoms. The number of hydrogen-bond donors (Lipinski definition) is 1. The molecule has 0 radical (unpaired) electrons. The number of carbonyl (C=O) groups excluding carboxylic acids is 1. The van der Waals surface area contributed by atoms with Crippen molar-refractivity contribution >= 4 is 23.1 Å². The van der Waals surface area contributed by atoms with Gasteiger partial charge in [0.15, 0.2) is 5.78 Å². The molecule has 2 nitrogen and oxygen atoms in total. The number of halogens is 1. The van der Waals surface area contributed by atoms with Gasteiger partial charge in [-0.1, -0.05) is 18.5 Å². The van der Waals surface area contributed by atoms with E-state index >= 15 is 0 Å². The fraction of sp³-hybridized carbons (Fsp3) is 0.364. The van der Waals surface area contributed by atoms with Gasteiger partial charge in [-0.2, -0.15) is 0 Å². The highest BCUT2D eigenvalue weighted by Gasteiger charge is 2.25. The molecule has 1 unspecified atom stereocenters. The number of fused-ring (bicyclic) bond motifs is 1. The molecule has 1 heterocycles. The summed E-state index contributed by atoms with van der Waals surface area (Å²) in [6.07, 6.45) is 0. The van der Waals surface area contributed by atoms with E-state index in [0.29, 0.717) is 11.6 Å². The van der Waals surface area contributed by atoms with Gasteiger partial charge in [0.05, 0.1) is 10.7 Å². The van der Waals surface area contributed by atoms with Gasteiger partial charge in [-0.15, -0.1) is 0 Å². The Bertz CT molecular complexity index is 401. The predicted molar refractivity (Wildman–Crippen MR) is 58.2 cm³/mol. The summed E-state index contributed by atoms with van der Waals surface area (Å²) in [7, 11) is 0. The Labute approximate surface area is 88.3 Å². The Morgan fingerprint density at radius 3 is 2.93 bits per heavy atom. The molecule has 0 amide bonds. The van der Waals surface area contributed by atoms with Crippen molar-refractivity contribution in [2.24, 2.45) is 5.92 Å². The van der Waals surface area contributed by atoms with Crippen molar-refractivity contribution in [1.29, 1.82) is 0 Å². The van der Waals surface area contributed by atoms with Gasteiger partial charge in [0.2, 0.25) is 0 Å². The van der Waals surface area contributed by atoms with Crippen molar-refractivity contribution in [2.75, 3.05) is 11.9 Å². The van der Waals surface area contributed by atoms with E-state index in [1.54, 1.807) is 0 Å². The third kappa shape index (κ3) is 1.40. The summed E-state index contributed by atoms with van der Waals surface area (Å²) in [5.74, 6) is 0.227. The molecule has 1 N–H and O–H groups in total. The van der Waals surface area contributed by atoms with Crippen LogP contribution in [0.4, 0.5) is 5.69 Å². The second-order valence-corrected chi connectivity index (χ2v) is 4.22. The van der Waals surface area contributed by atoms with E-state index in [1.165, 1.54) is 0 Å². The third-order valence-electron chi connectivity index (χ3n) is 2.53. The Balaban J connectivity index is 2.60. The molecule has 74 valence electrons. The number of benzene rings is 1. The number of aryl methyl sites for hydroxylation is 1. The van der Waals surface area contributed by atoms with Crippen LogP contribution in [0.1, 0.15) is 22.8 Å². The van der Waals surface area contributed by atoms with Crippen molar-refractivity contribution < 1.29 is 4.79 Å². The summed E-state index contributed by atoms with van der Waals surface area (Å²) >= 11 is 6.05. The molecule has 0 saturated carbocycles. The zero-order valence-corrected chi connectivity index (χ0v) is 8.98. The van der Waals surface area contributed by atoms with Crippen molar-refractivity contribution in [2.45, 2.75) is 13.8 Å². The van der Waals surface area contributed by atoms with E-state index in [4.69, 9.17) is 11.6 Å². The van der Waals surface area contributed by atoms with E-state index in [0.717, 1.165) is 16.8 Å². The molecule has 1 atom stereocenters. The lowest BCUT2D eigenvalue weighted by Crippen LogP contribution is -2.27. The van der Waals surface area contributed by atoms with Crippen LogP contribution in [-0.2, 0) is 0 Å². The Hall–Kier alpha value is -1.02. The highest BCUT2D eigenvalue weighted by atomic mass is 35.5. The lowest BCUT2D eigenvalue weighted by Gasteiger charge is -2.23. The van der Waals surface area contributed by atoms with Crippen molar-refractivity contribution in [3.8, 4) is 0 Å². The Morgan fingerprint density at radius 1 is 1.50 bits per heavy atom. The zero-order chi connectivity index (χ0) is 10.3. The van der Waals surface area contributed by atoms with Crippen LogP contribution in [0.25, 0.3) is 0 Å². The maximum Gasteiger partial charge on any atom is 0.169 e. The smallest absolute Gasteiger partial charge is 0.169 e. The number of ketones is 1. The summed E-state index contributed by atoms with van der Waals surface area (Å²) < 4.78 is 0. The average molecular weight is 210 g/mol. The highest BCUT2D eigenvalue weighted by molar-refractivity contribution is 6.34. The van der Waals surface area contributed by atoms with Crippen LogP contribution in [0.5, 0.6) is 0 Å². The molecule has 0 bridgehead atoms. The van der Waals surface area contributed by atoms with Gasteiger partial charge in [0.25, 0.3) is 0 Å². The number of Topliss-reactive ketones (excluding diaryl/α,β-unsaturated/α-hetero) is 1. The van der Waals surface area contributed by atoms with Crippen molar-refractivity contribution in [3.63, 3.8) is 0 Å². The highest BCUT2D eigenvalue weighted by Crippen LogP contribution is 2.32. The molecule has 1 aliphatic heterocycles. The fourth-order valence-electron chi connectivity index (χ4n) is 1.73. The number of hydrogen-bond acceptors (Lipinski definition) is 2. The topological polar surface area (TPSA) is 29.1 Å². The zero-order valence-electron chi connectivity index (χ0n) is 8.23. The lowest BCUT2D eigenvalue weighted by atomic mass is 9.93. The minimum absolute atomic E-state index is 0.0420. The predicted octanol–water partition coefficient (Wildman–Crippen LogP) is 2.89. The maximum absolute atomic E-state index is 11.8. The first-order valence-corrected chi connectivity index (χ1v) is 5.05. The first-order chi connectivity index (χ1) is 6.59. The van der Waals surface area contributed by atoms with Gasteiger partial charge in [0, 0.05) is 18.0 Å². The van der Waals surface area contributed by atoms with Gasteiger partial charge in [-0.3, -0.25) is 4.79 Å². The van der Waals surface area contributed by atoms with Gasteiger partial charge >= 0.3 is 0 Å². The molecule has 1 aromatic rings. The van der Waals surface area contributed by atoms with Crippen LogP contribution in [0.15, 0.2) is 12.1 Å². The van der Waals surface area contributed by atoms with Crippen LogP contribution in [0.3, 0.4) is 0 Å². The second-order valence-electron chi connectivity index (χ2n) is 3.82. The first-order valence-electron chi connectivity index (χ1n) is 4.68. The van der Waals surface area contributed by atoms with Crippen LogP contribution < -0.4 is 5.32 Å². The van der Waals surface area contributed by atoms with E-state index in [9.17, 15) is 4.79 Å². The maximum atomic E-state index is 11.8. The standard InChI is InChI=1S/C11H12ClNO/c1-6-3-8-10(9(12)4-6)13-5-7(2)11(8)14/h3-4,7,13H,5H2,1-2H3. The quantitative estimate of drug-likeness (QED) is 0.712. The van der Waals surface area contributed by atoms with Crippen LogP contribution >= 0.6 is 11.6 Å². The van der Waals surface area contributed by atoms with E-state index < -0.39 is 0 Å². The molecular formula is C11H12ClNO. The number of anilines is 1. The molecule has 3 heteroatoms. The van der Waals surface area contributed by atoms with E-state index in [2.05, 4.69) is 5.32 Å².